The molecule has 0 radical (unpaired) electrons. The average Bonchev–Trinajstić information content (AvgIpc) is 1.99. The van der Waals surface area contributed by atoms with E-state index < -0.39 is 23.5 Å². The number of hydrogen-bond donors (Lipinski definition) is 0. The molecule has 0 spiro atoms. The van der Waals surface area contributed by atoms with E-state index in [0.717, 1.165) is 13.8 Å². The summed E-state index contributed by atoms with van der Waals surface area (Å²) in [6.45, 7) is 5.62. The van der Waals surface area contributed by atoms with Gasteiger partial charge >= 0.3 is 5.97 Å². The van der Waals surface area contributed by atoms with E-state index in [-0.39, 0.29) is 6.10 Å². The van der Waals surface area contributed by atoms with Crippen molar-refractivity contribution in [1.82, 2.24) is 0 Å². The number of rotatable bonds is 5. The van der Waals surface area contributed by atoms with Gasteiger partial charge in [-0.3, -0.25) is 14.5 Å². The molecular formula is C9H14O5. The van der Waals surface area contributed by atoms with Gasteiger partial charge in [0.2, 0.25) is 0 Å². The van der Waals surface area contributed by atoms with Crippen molar-refractivity contribution >= 4 is 17.5 Å². The van der Waals surface area contributed by atoms with Crippen LogP contribution in [0.1, 0.15) is 27.7 Å². The first kappa shape index (κ1) is 12.8. The van der Waals surface area contributed by atoms with Crippen molar-refractivity contribution in [3.8, 4) is 0 Å². The van der Waals surface area contributed by atoms with Crippen LogP contribution in [-0.4, -0.2) is 23.6 Å². The van der Waals surface area contributed by atoms with Gasteiger partial charge in [-0.1, -0.05) is 0 Å². The second-order valence-corrected chi connectivity index (χ2v) is 3.20. The molecule has 0 aromatic heterocycles. The predicted octanol–water partition coefficient (Wildman–Crippen LogP) is 0.664. The van der Waals surface area contributed by atoms with Gasteiger partial charge in [0, 0.05) is 0 Å². The van der Waals surface area contributed by atoms with Crippen LogP contribution < -0.4 is 0 Å². The van der Waals surface area contributed by atoms with Crippen LogP contribution in [0.5, 0.6) is 0 Å². The number of Topliss-reactive ketones (excluding diaryl/α,β-unsaturated/α-hetero) is 2. The van der Waals surface area contributed by atoms with E-state index in [1.54, 1.807) is 13.8 Å². The Morgan fingerprint density at radius 3 is 1.71 bits per heavy atom. The lowest BCUT2D eigenvalue weighted by Gasteiger charge is -2.10. The van der Waals surface area contributed by atoms with Gasteiger partial charge in [0.1, 0.15) is 0 Å². The van der Waals surface area contributed by atoms with Gasteiger partial charge in [0.25, 0.3) is 0 Å². The highest BCUT2D eigenvalue weighted by Crippen LogP contribution is 2.04. The molecule has 0 N–H and O–H groups in total. The fourth-order valence-corrected chi connectivity index (χ4v) is 0.810. The van der Waals surface area contributed by atoms with Crippen molar-refractivity contribution in [2.45, 2.75) is 33.8 Å². The monoisotopic (exact) mass is 202 g/mol. The van der Waals surface area contributed by atoms with E-state index in [2.05, 4.69) is 9.78 Å². The molecular weight excluding hydrogens is 188 g/mol. The quantitative estimate of drug-likeness (QED) is 0.372. The molecule has 0 aromatic carbocycles. The molecule has 5 heteroatoms. The molecule has 0 amide bonds. The SMILES string of the molecule is CC(=O)C(C(C)=O)C(=O)OOC(C)C. The fraction of sp³-hybridized carbons (Fsp3) is 0.667. The summed E-state index contributed by atoms with van der Waals surface area (Å²) in [5.74, 6) is -3.42. The van der Waals surface area contributed by atoms with E-state index in [4.69, 9.17) is 0 Å². The van der Waals surface area contributed by atoms with Crippen LogP contribution in [-0.2, 0) is 24.2 Å². The Bertz CT molecular complexity index is 230. The summed E-state index contributed by atoms with van der Waals surface area (Å²) in [4.78, 5) is 41.8. The zero-order valence-electron chi connectivity index (χ0n) is 8.70. The highest BCUT2D eigenvalue weighted by molar-refractivity contribution is 6.15. The Balaban J connectivity index is 4.31. The lowest BCUT2D eigenvalue weighted by Crippen LogP contribution is -2.31. The molecule has 0 aliphatic heterocycles. The van der Waals surface area contributed by atoms with Crippen molar-refractivity contribution in [3.63, 3.8) is 0 Å². The van der Waals surface area contributed by atoms with E-state index in [1.165, 1.54) is 0 Å². The molecule has 0 saturated carbocycles. The summed E-state index contributed by atoms with van der Waals surface area (Å²) < 4.78 is 0. The van der Waals surface area contributed by atoms with E-state index >= 15 is 0 Å². The summed E-state index contributed by atoms with van der Waals surface area (Å²) in [6, 6.07) is 0. The molecule has 0 atom stereocenters. The van der Waals surface area contributed by atoms with Gasteiger partial charge in [0.05, 0.1) is 6.10 Å². The third-order valence-corrected chi connectivity index (χ3v) is 1.37. The average molecular weight is 202 g/mol. The lowest BCUT2D eigenvalue weighted by molar-refractivity contribution is -0.293. The Morgan fingerprint density at radius 1 is 1.00 bits per heavy atom. The highest BCUT2D eigenvalue weighted by atomic mass is 17.2. The molecule has 0 aliphatic carbocycles. The molecule has 5 nitrogen and oxygen atoms in total. The van der Waals surface area contributed by atoms with Crippen molar-refractivity contribution < 1.29 is 24.2 Å². The molecule has 0 aromatic rings. The first-order valence-corrected chi connectivity index (χ1v) is 4.24. The van der Waals surface area contributed by atoms with E-state index in [0.29, 0.717) is 0 Å². The third kappa shape index (κ3) is 4.13. The Hall–Kier alpha value is -1.23. The second-order valence-electron chi connectivity index (χ2n) is 3.20. The normalized spacial score (nSPS) is 10.4. The highest BCUT2D eigenvalue weighted by Gasteiger charge is 2.30. The molecule has 0 unspecified atom stereocenters. The first-order chi connectivity index (χ1) is 6.36. The van der Waals surface area contributed by atoms with Crippen LogP contribution in [0.3, 0.4) is 0 Å². The van der Waals surface area contributed by atoms with E-state index in [9.17, 15) is 14.4 Å². The minimum absolute atomic E-state index is 0.307. The topological polar surface area (TPSA) is 69.7 Å². The van der Waals surface area contributed by atoms with Gasteiger partial charge in [-0.2, -0.15) is 4.89 Å². The number of carbonyl (C=O) groups is 3. The lowest BCUT2D eigenvalue weighted by atomic mass is 10.0. The predicted molar refractivity (Wildman–Crippen MR) is 47.2 cm³/mol. The largest absolute Gasteiger partial charge is 0.360 e. The van der Waals surface area contributed by atoms with Gasteiger partial charge in [-0.05, 0) is 27.7 Å². The minimum Gasteiger partial charge on any atom is -0.299 e. The minimum atomic E-state index is -1.37. The van der Waals surface area contributed by atoms with Crippen LogP contribution >= 0.6 is 0 Å². The number of hydrogen-bond acceptors (Lipinski definition) is 5. The molecule has 0 fully saturated rings. The Morgan fingerprint density at radius 2 is 1.43 bits per heavy atom. The summed E-state index contributed by atoms with van der Waals surface area (Å²) in [6.07, 6.45) is -0.307. The molecule has 0 heterocycles. The molecule has 0 bridgehead atoms. The maximum absolute atomic E-state index is 11.1. The molecule has 0 rings (SSSR count). The first-order valence-electron chi connectivity index (χ1n) is 4.24. The van der Waals surface area contributed by atoms with Crippen LogP contribution in [0.2, 0.25) is 0 Å². The van der Waals surface area contributed by atoms with Gasteiger partial charge < -0.3 is 0 Å². The van der Waals surface area contributed by atoms with Crippen molar-refractivity contribution in [2.24, 2.45) is 5.92 Å². The molecule has 80 valence electrons. The fourth-order valence-electron chi connectivity index (χ4n) is 0.810. The van der Waals surface area contributed by atoms with Crippen LogP contribution in [0.15, 0.2) is 0 Å². The zero-order valence-corrected chi connectivity index (χ0v) is 8.70. The maximum atomic E-state index is 11.1. The summed E-state index contributed by atoms with van der Waals surface area (Å²) in [7, 11) is 0. The molecule has 0 aliphatic rings. The van der Waals surface area contributed by atoms with Crippen molar-refractivity contribution in [3.05, 3.63) is 0 Å². The summed E-state index contributed by atoms with van der Waals surface area (Å²) in [5, 5.41) is 0. The standard InChI is InChI=1S/C9H14O5/c1-5(2)13-14-9(12)8(6(3)10)7(4)11/h5,8H,1-4H3. The second kappa shape index (κ2) is 5.49. The zero-order chi connectivity index (χ0) is 11.3. The van der Waals surface area contributed by atoms with Gasteiger partial charge in [0.15, 0.2) is 17.5 Å². The van der Waals surface area contributed by atoms with Gasteiger partial charge in [-0.15, -0.1) is 0 Å². The van der Waals surface area contributed by atoms with Crippen molar-refractivity contribution in [1.29, 1.82) is 0 Å². The maximum Gasteiger partial charge on any atom is 0.360 e. The van der Waals surface area contributed by atoms with E-state index in [1.807, 2.05) is 0 Å². The molecule has 0 saturated heterocycles. The van der Waals surface area contributed by atoms with Crippen LogP contribution in [0, 0.1) is 5.92 Å². The smallest absolute Gasteiger partial charge is 0.299 e. The summed E-state index contributed by atoms with van der Waals surface area (Å²) in [5.41, 5.74) is 0. The van der Waals surface area contributed by atoms with Crippen LogP contribution in [0.25, 0.3) is 0 Å². The molecule has 14 heavy (non-hydrogen) atoms. The Labute approximate surface area is 82.3 Å². The number of carbonyl (C=O) groups excluding carboxylic acids is 3. The third-order valence-electron chi connectivity index (χ3n) is 1.37. The summed E-state index contributed by atoms with van der Waals surface area (Å²) >= 11 is 0. The number of ketones is 2. The Kier molecular flexibility index (Phi) is 5.01. The van der Waals surface area contributed by atoms with Crippen molar-refractivity contribution in [2.75, 3.05) is 0 Å². The van der Waals surface area contributed by atoms with Gasteiger partial charge in [-0.25, -0.2) is 4.79 Å². The van der Waals surface area contributed by atoms with Crippen LogP contribution in [0.4, 0.5) is 0 Å².